The predicted octanol–water partition coefficient (Wildman–Crippen LogP) is 13.0. The van der Waals surface area contributed by atoms with E-state index in [1.807, 2.05) is 108 Å². The van der Waals surface area contributed by atoms with E-state index in [0.717, 1.165) is 83.8 Å². The molecule has 372 valence electrons. The SMILES string of the molecule is COc1cccc(-c2ccc3[nH]nc(-c4ccccc4)c3c2)c1.COc1cccc(-c2ccc3c(c2)c(-c2ccccc2)nn3C)c1.COc1cccc(B(O)O)c1.Cn1nc(-c2ccccc2)c2cc(I)ccc21. The van der Waals surface area contributed by atoms with Gasteiger partial charge in [-0.25, -0.2) is 0 Å². The molecule has 12 aromatic rings. The minimum absolute atomic E-state index is 0.435. The predicted molar refractivity (Wildman–Crippen MR) is 313 cm³/mol. The van der Waals surface area contributed by atoms with Crippen molar-refractivity contribution in [3.63, 3.8) is 0 Å². The molecule has 0 aliphatic heterocycles. The summed E-state index contributed by atoms with van der Waals surface area (Å²) in [6.45, 7) is 0. The number of methoxy groups -OCH3 is 3. The van der Waals surface area contributed by atoms with Gasteiger partial charge in [-0.2, -0.15) is 15.3 Å². The van der Waals surface area contributed by atoms with Crippen LogP contribution in [-0.2, 0) is 14.1 Å². The summed E-state index contributed by atoms with van der Waals surface area (Å²) in [6, 6.07) is 72.9. The Bertz CT molecular complexity index is 3830. The van der Waals surface area contributed by atoms with Crippen molar-refractivity contribution < 1.29 is 24.3 Å². The summed E-state index contributed by atoms with van der Waals surface area (Å²) >= 11 is 2.34. The average Bonchev–Trinajstić information content (AvgIpc) is 4.16. The van der Waals surface area contributed by atoms with Gasteiger partial charge in [0, 0.05) is 50.5 Å². The van der Waals surface area contributed by atoms with Gasteiger partial charge < -0.3 is 24.3 Å². The van der Waals surface area contributed by atoms with Crippen LogP contribution in [0.15, 0.2) is 218 Å². The van der Waals surface area contributed by atoms with Crippen LogP contribution in [0, 0.1) is 3.57 Å². The Labute approximate surface area is 449 Å². The van der Waals surface area contributed by atoms with Crippen molar-refractivity contribution >= 4 is 67.9 Å². The maximum Gasteiger partial charge on any atom is 0.488 e. The fourth-order valence-corrected chi connectivity index (χ4v) is 9.21. The van der Waals surface area contributed by atoms with E-state index >= 15 is 0 Å². The van der Waals surface area contributed by atoms with Gasteiger partial charge in [-0.15, -0.1) is 0 Å². The fraction of sp³-hybridized carbons (Fsp3) is 0.0806. The molecule has 0 aliphatic carbocycles. The highest BCUT2D eigenvalue weighted by molar-refractivity contribution is 14.1. The van der Waals surface area contributed by atoms with Crippen LogP contribution in [0.2, 0.25) is 0 Å². The Morgan fingerprint density at radius 1 is 0.413 bits per heavy atom. The summed E-state index contributed by atoms with van der Waals surface area (Å²) in [4.78, 5) is 0. The molecular weight excluding hydrogens is 1050 g/mol. The summed E-state index contributed by atoms with van der Waals surface area (Å²) in [6.07, 6.45) is 0. The van der Waals surface area contributed by atoms with E-state index in [1.165, 1.54) is 27.1 Å². The van der Waals surface area contributed by atoms with Gasteiger partial charge in [-0.05, 0) is 129 Å². The zero-order valence-electron chi connectivity index (χ0n) is 42.1. The maximum absolute atomic E-state index is 8.74. The molecule has 3 aromatic heterocycles. The lowest BCUT2D eigenvalue weighted by Gasteiger charge is -2.06. The summed E-state index contributed by atoms with van der Waals surface area (Å²) < 4.78 is 20.7. The smallest absolute Gasteiger partial charge is 0.488 e. The van der Waals surface area contributed by atoms with Crippen molar-refractivity contribution in [2.24, 2.45) is 14.1 Å². The molecule has 3 N–H and O–H groups in total. The van der Waals surface area contributed by atoms with Gasteiger partial charge >= 0.3 is 7.12 Å². The number of hydrogen-bond acceptors (Lipinski definition) is 8. The highest BCUT2D eigenvalue weighted by Crippen LogP contribution is 2.34. The number of rotatable bonds is 9. The molecule has 11 nitrogen and oxygen atoms in total. The molecular formula is C62H54BIN6O5. The molecule has 0 radical (unpaired) electrons. The van der Waals surface area contributed by atoms with Crippen molar-refractivity contribution in [1.29, 1.82) is 0 Å². The van der Waals surface area contributed by atoms with Crippen LogP contribution in [0.3, 0.4) is 0 Å². The zero-order valence-corrected chi connectivity index (χ0v) is 44.3. The molecule has 0 unspecified atom stereocenters. The van der Waals surface area contributed by atoms with Gasteiger partial charge in [0.1, 0.15) is 28.6 Å². The Morgan fingerprint density at radius 2 is 0.827 bits per heavy atom. The Kier molecular flexibility index (Phi) is 16.5. The highest BCUT2D eigenvalue weighted by atomic mass is 127. The first-order valence-electron chi connectivity index (χ1n) is 24.1. The second kappa shape index (κ2) is 24.0. The normalized spacial score (nSPS) is 10.7. The number of H-pyrrole nitrogens is 1. The van der Waals surface area contributed by atoms with Crippen molar-refractivity contribution in [3.05, 3.63) is 222 Å². The summed E-state index contributed by atoms with van der Waals surface area (Å²) in [5.41, 5.74) is 14.8. The van der Waals surface area contributed by atoms with Crippen molar-refractivity contribution in [2.75, 3.05) is 21.3 Å². The van der Waals surface area contributed by atoms with Gasteiger partial charge in [-0.1, -0.05) is 140 Å². The van der Waals surface area contributed by atoms with Crippen LogP contribution in [0.25, 0.3) is 88.7 Å². The van der Waals surface area contributed by atoms with Crippen molar-refractivity contribution in [3.8, 4) is 73.3 Å². The lowest BCUT2D eigenvalue weighted by Crippen LogP contribution is -2.29. The molecule has 0 bridgehead atoms. The number of nitrogens with one attached hydrogen (secondary N) is 1. The van der Waals surface area contributed by atoms with Gasteiger partial charge in [0.25, 0.3) is 0 Å². The highest BCUT2D eigenvalue weighted by Gasteiger charge is 2.14. The van der Waals surface area contributed by atoms with Gasteiger partial charge in [-0.3, -0.25) is 14.5 Å². The number of aromatic nitrogens is 6. The molecule has 0 aliphatic rings. The van der Waals surface area contributed by atoms with Gasteiger partial charge in [0.15, 0.2) is 0 Å². The van der Waals surface area contributed by atoms with E-state index in [2.05, 4.69) is 147 Å². The molecule has 0 atom stereocenters. The largest absolute Gasteiger partial charge is 0.497 e. The van der Waals surface area contributed by atoms with E-state index in [1.54, 1.807) is 38.5 Å². The van der Waals surface area contributed by atoms with E-state index in [4.69, 9.17) is 29.4 Å². The van der Waals surface area contributed by atoms with Crippen LogP contribution in [0.5, 0.6) is 17.2 Å². The fourth-order valence-electron chi connectivity index (χ4n) is 8.72. The third kappa shape index (κ3) is 12.1. The molecule has 0 saturated heterocycles. The summed E-state index contributed by atoms with van der Waals surface area (Å²) in [5, 5.41) is 37.9. The first-order chi connectivity index (χ1) is 36.6. The first-order valence-corrected chi connectivity index (χ1v) is 25.2. The maximum atomic E-state index is 8.74. The molecule has 0 saturated carbocycles. The summed E-state index contributed by atoms with van der Waals surface area (Å²) in [7, 11) is 7.46. The number of fused-ring (bicyclic) bond motifs is 3. The second-order valence-electron chi connectivity index (χ2n) is 17.4. The summed E-state index contributed by atoms with van der Waals surface area (Å²) in [5.74, 6) is 2.34. The number of halogens is 1. The minimum atomic E-state index is -1.43. The van der Waals surface area contributed by atoms with Crippen molar-refractivity contribution in [2.45, 2.75) is 0 Å². The molecule has 13 heteroatoms. The third-order valence-electron chi connectivity index (χ3n) is 12.6. The molecule has 0 amide bonds. The Hall–Kier alpha value is -8.50. The molecule has 12 rings (SSSR count). The topological polar surface area (TPSA) is 132 Å². The quantitative estimate of drug-likeness (QED) is 0.0962. The third-order valence-corrected chi connectivity index (χ3v) is 13.2. The molecule has 3 heterocycles. The molecule has 75 heavy (non-hydrogen) atoms. The Balaban J connectivity index is 0.000000127. The van der Waals surface area contributed by atoms with Crippen molar-refractivity contribution in [1.82, 2.24) is 29.8 Å². The van der Waals surface area contributed by atoms with Crippen LogP contribution in [0.4, 0.5) is 0 Å². The van der Waals surface area contributed by atoms with E-state index in [-0.39, 0.29) is 0 Å². The van der Waals surface area contributed by atoms with Gasteiger partial charge in [0.2, 0.25) is 0 Å². The molecule has 0 fully saturated rings. The lowest BCUT2D eigenvalue weighted by atomic mass is 9.80. The zero-order chi connectivity index (χ0) is 52.3. The van der Waals surface area contributed by atoms with Crippen LogP contribution in [0.1, 0.15) is 0 Å². The number of benzene rings is 9. The first kappa shape index (κ1) is 51.4. The molecule has 9 aromatic carbocycles. The van der Waals surface area contributed by atoms with E-state index in [9.17, 15) is 0 Å². The standard InChI is InChI=1S/C21H18N2O.C20H16N2O.C14H11IN2.C7H9BO3/c1-23-20-12-11-17(16-9-6-10-18(13-16)24-2)14-19(20)21(22-23)15-7-4-3-5-8-15;1-23-17-9-5-8-15(12-17)16-10-11-19-18(13-16)20(22-21-19)14-6-3-2-4-7-14;1-17-13-8-7-11(15)9-12(13)14(16-17)10-5-3-2-4-6-10;1-11-7-4-2-3-6(5-7)8(9)10/h3-14H,1-2H3;2-13H,1H3,(H,21,22);2-9H,1H3;2-5,9-10H,1H3. The number of aryl methyl sites for hydroxylation is 2. The average molecular weight is 1100 g/mol. The minimum Gasteiger partial charge on any atom is -0.497 e. The lowest BCUT2D eigenvalue weighted by molar-refractivity contribution is 0.412. The number of aromatic amines is 1. The van der Waals surface area contributed by atoms with Crippen LogP contribution >= 0.6 is 22.6 Å². The second-order valence-corrected chi connectivity index (χ2v) is 18.6. The number of nitrogens with zero attached hydrogens (tertiary/aromatic N) is 5. The monoisotopic (exact) mass is 1100 g/mol. The number of hydrogen-bond donors (Lipinski definition) is 3. The van der Waals surface area contributed by atoms with E-state index in [0.29, 0.717) is 11.2 Å². The van der Waals surface area contributed by atoms with Crippen LogP contribution < -0.4 is 19.7 Å². The van der Waals surface area contributed by atoms with E-state index < -0.39 is 7.12 Å². The molecule has 0 spiro atoms. The Morgan fingerprint density at radius 3 is 1.33 bits per heavy atom. The van der Waals surface area contributed by atoms with Gasteiger partial charge in [0.05, 0.1) is 43.6 Å². The number of ether oxygens (including phenoxy) is 3. The van der Waals surface area contributed by atoms with Crippen LogP contribution in [-0.4, -0.2) is 68.3 Å².